The van der Waals surface area contributed by atoms with Gasteiger partial charge >= 0.3 is 0 Å². The van der Waals surface area contributed by atoms with Crippen molar-refractivity contribution in [2.75, 3.05) is 13.2 Å². The van der Waals surface area contributed by atoms with E-state index in [-0.39, 0.29) is 12.0 Å². The molecule has 0 unspecified atom stereocenters. The Labute approximate surface area is 103 Å². The summed E-state index contributed by atoms with van der Waals surface area (Å²) >= 11 is 0. The maximum atomic E-state index is 9.14. The maximum Gasteiger partial charge on any atom is 0.0685 e. The summed E-state index contributed by atoms with van der Waals surface area (Å²) < 4.78 is 5.81. The quantitative estimate of drug-likeness (QED) is 0.728. The summed E-state index contributed by atoms with van der Waals surface area (Å²) in [6.45, 7) is 5.81. The van der Waals surface area contributed by atoms with Gasteiger partial charge in [0.25, 0.3) is 0 Å². The maximum absolute atomic E-state index is 9.14. The third-order valence-electron chi connectivity index (χ3n) is 4.90. The molecule has 1 heterocycles. The number of hydrogen-bond donors (Lipinski definition) is 2. The molecule has 3 heteroatoms. The smallest absolute Gasteiger partial charge is 0.0685 e. The molecule has 0 amide bonds. The van der Waals surface area contributed by atoms with Crippen LogP contribution >= 0.6 is 0 Å². The summed E-state index contributed by atoms with van der Waals surface area (Å²) in [6, 6.07) is 1.01. The van der Waals surface area contributed by atoms with Crippen molar-refractivity contribution < 1.29 is 9.84 Å². The summed E-state index contributed by atoms with van der Waals surface area (Å²) in [5.74, 6) is 1.05. The van der Waals surface area contributed by atoms with Crippen molar-refractivity contribution in [3.63, 3.8) is 0 Å². The van der Waals surface area contributed by atoms with Crippen molar-refractivity contribution in [1.82, 2.24) is 5.32 Å². The molecule has 1 aliphatic heterocycles. The molecule has 96 valence electrons. The molecule has 17 heavy (non-hydrogen) atoms. The first-order valence-electron chi connectivity index (χ1n) is 6.79. The van der Waals surface area contributed by atoms with Crippen LogP contribution in [0.1, 0.15) is 26.7 Å². The van der Waals surface area contributed by atoms with Gasteiger partial charge in [-0.05, 0) is 12.8 Å². The molecule has 3 aliphatic rings. The van der Waals surface area contributed by atoms with E-state index in [0.717, 1.165) is 13.0 Å². The zero-order chi connectivity index (χ0) is 12.0. The van der Waals surface area contributed by atoms with Crippen LogP contribution in [0, 0.1) is 17.3 Å². The minimum Gasteiger partial charge on any atom is -0.396 e. The molecule has 2 aliphatic carbocycles. The Hall–Kier alpha value is -0.380. The molecule has 0 aromatic rings. The highest BCUT2D eigenvalue weighted by molar-refractivity contribution is 5.15. The van der Waals surface area contributed by atoms with Gasteiger partial charge in [0.15, 0.2) is 0 Å². The Kier molecular flexibility index (Phi) is 2.80. The van der Waals surface area contributed by atoms with Crippen LogP contribution in [0.5, 0.6) is 0 Å². The largest absolute Gasteiger partial charge is 0.396 e. The average molecular weight is 237 g/mol. The van der Waals surface area contributed by atoms with Gasteiger partial charge in [0, 0.05) is 42.5 Å². The summed E-state index contributed by atoms with van der Waals surface area (Å²) in [5.41, 5.74) is 0.256. The summed E-state index contributed by atoms with van der Waals surface area (Å²) in [6.07, 6.45) is 7.07. The molecule has 5 atom stereocenters. The topological polar surface area (TPSA) is 41.5 Å². The second-order valence-electron chi connectivity index (χ2n) is 6.38. The predicted octanol–water partition coefficient (Wildman–Crippen LogP) is 1.33. The van der Waals surface area contributed by atoms with E-state index < -0.39 is 0 Å². The predicted molar refractivity (Wildman–Crippen MR) is 66.7 cm³/mol. The van der Waals surface area contributed by atoms with E-state index in [1.54, 1.807) is 0 Å². The van der Waals surface area contributed by atoms with Crippen molar-refractivity contribution in [1.29, 1.82) is 0 Å². The van der Waals surface area contributed by atoms with E-state index in [4.69, 9.17) is 9.84 Å². The van der Waals surface area contributed by atoms with Crippen molar-refractivity contribution >= 4 is 0 Å². The highest BCUT2D eigenvalue weighted by Crippen LogP contribution is 2.52. The first kappa shape index (κ1) is 11.7. The molecule has 2 N–H and O–H groups in total. The fourth-order valence-electron chi connectivity index (χ4n) is 3.93. The second kappa shape index (κ2) is 4.08. The van der Waals surface area contributed by atoms with Crippen LogP contribution in [0.25, 0.3) is 0 Å². The minimum atomic E-state index is 0.256. The molecule has 1 saturated carbocycles. The van der Waals surface area contributed by atoms with Gasteiger partial charge in [-0.1, -0.05) is 26.0 Å². The van der Waals surface area contributed by atoms with E-state index in [0.29, 0.717) is 30.0 Å². The van der Waals surface area contributed by atoms with E-state index in [1.165, 1.54) is 6.42 Å². The zero-order valence-corrected chi connectivity index (χ0v) is 10.7. The first-order valence-corrected chi connectivity index (χ1v) is 6.79. The van der Waals surface area contributed by atoms with Gasteiger partial charge in [0.05, 0.1) is 6.10 Å². The lowest BCUT2D eigenvalue weighted by Gasteiger charge is -2.55. The van der Waals surface area contributed by atoms with Crippen molar-refractivity contribution in [2.45, 2.75) is 44.9 Å². The van der Waals surface area contributed by atoms with Crippen molar-refractivity contribution in [2.24, 2.45) is 17.3 Å². The third-order valence-corrected chi connectivity index (χ3v) is 4.90. The monoisotopic (exact) mass is 237 g/mol. The molecular weight excluding hydrogens is 214 g/mol. The molecule has 0 aromatic carbocycles. The fourth-order valence-corrected chi connectivity index (χ4v) is 3.93. The van der Waals surface area contributed by atoms with Gasteiger partial charge in [0.2, 0.25) is 0 Å². The average Bonchev–Trinajstić information content (AvgIpc) is 2.93. The van der Waals surface area contributed by atoms with Crippen LogP contribution in [-0.4, -0.2) is 36.5 Å². The number of rotatable bonds is 3. The normalized spacial score (nSPS) is 46.9. The molecule has 3 rings (SSSR count). The van der Waals surface area contributed by atoms with Gasteiger partial charge in [-0.3, -0.25) is 0 Å². The molecule has 2 fully saturated rings. The molecule has 3 nitrogen and oxygen atoms in total. The van der Waals surface area contributed by atoms with Gasteiger partial charge in [-0.15, -0.1) is 0 Å². The lowest BCUT2D eigenvalue weighted by molar-refractivity contribution is -0.114. The number of hydrogen-bond acceptors (Lipinski definition) is 3. The molecule has 0 radical (unpaired) electrons. The highest BCUT2D eigenvalue weighted by atomic mass is 16.5. The zero-order valence-electron chi connectivity index (χ0n) is 10.7. The number of ether oxygens (including phenoxy) is 1. The van der Waals surface area contributed by atoms with E-state index in [2.05, 4.69) is 31.3 Å². The Morgan fingerprint density at radius 1 is 1.41 bits per heavy atom. The Morgan fingerprint density at radius 3 is 2.94 bits per heavy atom. The standard InChI is InChI=1S/C14H23NO2/c1-14(2)12(11-5-6-17-13(11)14)15-10-4-3-9(7-10)8-16/h3-4,9-13,15-16H,5-8H2,1-2H3/t9-,10+,11-,12+,13-/m0/s1. The first-order chi connectivity index (χ1) is 8.13. The Bertz CT molecular complexity index is 326. The van der Waals surface area contributed by atoms with Gasteiger partial charge in [0.1, 0.15) is 0 Å². The van der Waals surface area contributed by atoms with Crippen LogP contribution in [0.3, 0.4) is 0 Å². The summed E-state index contributed by atoms with van der Waals surface area (Å²) in [5, 5.41) is 12.9. The van der Waals surface area contributed by atoms with Crippen LogP contribution in [0.4, 0.5) is 0 Å². The van der Waals surface area contributed by atoms with E-state index in [9.17, 15) is 0 Å². The van der Waals surface area contributed by atoms with Crippen LogP contribution < -0.4 is 5.32 Å². The minimum absolute atomic E-state index is 0.256. The molecule has 0 aromatic heterocycles. The number of aliphatic hydroxyl groups excluding tert-OH is 1. The van der Waals surface area contributed by atoms with Gasteiger partial charge in [-0.2, -0.15) is 0 Å². The van der Waals surface area contributed by atoms with Gasteiger partial charge < -0.3 is 15.2 Å². The Morgan fingerprint density at radius 2 is 2.24 bits per heavy atom. The second-order valence-corrected chi connectivity index (χ2v) is 6.38. The molecular formula is C14H23NO2. The highest BCUT2D eigenvalue weighted by Gasteiger charge is 2.59. The Balaban J connectivity index is 1.61. The fraction of sp³-hybridized carbons (Fsp3) is 0.857. The third kappa shape index (κ3) is 1.76. The van der Waals surface area contributed by atoms with E-state index in [1.807, 2.05) is 0 Å². The van der Waals surface area contributed by atoms with Crippen molar-refractivity contribution in [3.05, 3.63) is 12.2 Å². The van der Waals surface area contributed by atoms with Crippen molar-refractivity contribution in [3.8, 4) is 0 Å². The van der Waals surface area contributed by atoms with Crippen LogP contribution in [0.2, 0.25) is 0 Å². The van der Waals surface area contributed by atoms with Crippen LogP contribution in [0.15, 0.2) is 12.2 Å². The number of aliphatic hydroxyl groups is 1. The lowest BCUT2D eigenvalue weighted by atomic mass is 9.57. The molecule has 0 spiro atoms. The molecule has 1 saturated heterocycles. The SMILES string of the molecule is CC1(C)[C@H](N[C@@H]2C=C[C@H](CO)C2)[C@@H]2CCO[C@@H]21. The summed E-state index contributed by atoms with van der Waals surface area (Å²) in [4.78, 5) is 0. The summed E-state index contributed by atoms with van der Waals surface area (Å²) in [7, 11) is 0. The number of nitrogens with one attached hydrogen (secondary N) is 1. The van der Waals surface area contributed by atoms with Gasteiger partial charge in [-0.25, -0.2) is 0 Å². The number of fused-ring (bicyclic) bond motifs is 1. The lowest BCUT2D eigenvalue weighted by Crippen LogP contribution is -2.67. The van der Waals surface area contributed by atoms with E-state index >= 15 is 0 Å². The van der Waals surface area contributed by atoms with Crippen LogP contribution in [-0.2, 0) is 4.74 Å². The molecule has 0 bridgehead atoms.